The van der Waals surface area contributed by atoms with Gasteiger partial charge < -0.3 is 10.1 Å². The third kappa shape index (κ3) is 2.98. The summed E-state index contributed by atoms with van der Waals surface area (Å²) in [5.74, 6) is 2.86. The highest BCUT2D eigenvalue weighted by Crippen LogP contribution is 2.45. The maximum Gasteiger partial charge on any atom is 0.119 e. The molecular weight excluding hydrogens is 222 g/mol. The first kappa shape index (κ1) is 11.9. The summed E-state index contributed by atoms with van der Waals surface area (Å²) in [5.41, 5.74) is 1.25. The van der Waals surface area contributed by atoms with Crippen LogP contribution < -0.4 is 10.1 Å². The molecule has 0 saturated heterocycles. The van der Waals surface area contributed by atoms with E-state index in [-0.39, 0.29) is 0 Å². The number of rotatable bonds is 7. The Kier molecular flexibility index (Phi) is 3.44. The van der Waals surface area contributed by atoms with Crippen molar-refractivity contribution in [2.45, 2.75) is 45.1 Å². The number of anilines is 1. The summed E-state index contributed by atoms with van der Waals surface area (Å²) in [6.45, 7) is 2.94. The molecule has 2 aliphatic rings. The van der Waals surface area contributed by atoms with Crippen LogP contribution in [0.4, 0.5) is 5.69 Å². The second-order valence-corrected chi connectivity index (χ2v) is 5.72. The average Bonchev–Trinajstić information content (AvgIpc) is 3.28. The summed E-state index contributed by atoms with van der Waals surface area (Å²) in [6.07, 6.45) is 6.75. The Morgan fingerprint density at radius 1 is 1.11 bits per heavy atom. The standard InChI is InChI=1S/C16H23NO/c1-2-11-18-15-9-7-14(8-10-15)17-16(12-3-4-12)13-5-6-13/h7-10,12-13,16-17H,2-6,11H2,1H3. The van der Waals surface area contributed by atoms with Crippen molar-refractivity contribution in [1.29, 1.82) is 0 Å². The molecule has 0 radical (unpaired) electrons. The fraction of sp³-hybridized carbons (Fsp3) is 0.625. The Morgan fingerprint density at radius 3 is 2.22 bits per heavy atom. The SMILES string of the molecule is CCCOc1ccc(NC(C2CC2)C2CC2)cc1. The highest BCUT2D eigenvalue weighted by atomic mass is 16.5. The number of nitrogens with one attached hydrogen (secondary N) is 1. The van der Waals surface area contributed by atoms with Crippen LogP contribution in [-0.2, 0) is 0 Å². The van der Waals surface area contributed by atoms with Crippen LogP contribution in [-0.4, -0.2) is 12.6 Å². The minimum absolute atomic E-state index is 0.729. The molecule has 18 heavy (non-hydrogen) atoms. The van der Waals surface area contributed by atoms with Crippen LogP contribution in [0.5, 0.6) is 5.75 Å². The molecule has 1 N–H and O–H groups in total. The quantitative estimate of drug-likeness (QED) is 0.781. The maximum absolute atomic E-state index is 5.61. The average molecular weight is 245 g/mol. The van der Waals surface area contributed by atoms with E-state index in [2.05, 4.69) is 36.5 Å². The van der Waals surface area contributed by atoms with Gasteiger partial charge in [-0.3, -0.25) is 0 Å². The van der Waals surface area contributed by atoms with E-state index in [0.717, 1.165) is 36.7 Å². The number of benzene rings is 1. The Hall–Kier alpha value is -1.18. The minimum atomic E-state index is 0.729. The number of ether oxygens (including phenoxy) is 1. The highest BCUT2D eigenvalue weighted by Gasteiger charge is 2.41. The fourth-order valence-electron chi connectivity index (χ4n) is 2.59. The molecule has 0 unspecified atom stereocenters. The van der Waals surface area contributed by atoms with E-state index in [1.54, 1.807) is 0 Å². The van der Waals surface area contributed by atoms with Crippen molar-refractivity contribution in [3.05, 3.63) is 24.3 Å². The van der Waals surface area contributed by atoms with Gasteiger partial charge in [-0.1, -0.05) is 6.92 Å². The van der Waals surface area contributed by atoms with Crippen molar-refractivity contribution in [3.8, 4) is 5.75 Å². The van der Waals surface area contributed by atoms with E-state index in [1.165, 1.54) is 31.4 Å². The molecule has 1 aromatic rings. The summed E-state index contributed by atoms with van der Waals surface area (Å²) in [4.78, 5) is 0. The zero-order valence-electron chi connectivity index (χ0n) is 11.2. The van der Waals surface area contributed by atoms with Gasteiger partial charge >= 0.3 is 0 Å². The van der Waals surface area contributed by atoms with Gasteiger partial charge in [-0.15, -0.1) is 0 Å². The van der Waals surface area contributed by atoms with Gasteiger partial charge in [0.05, 0.1) is 6.61 Å². The fourth-order valence-corrected chi connectivity index (χ4v) is 2.59. The van der Waals surface area contributed by atoms with Crippen LogP contribution in [0.2, 0.25) is 0 Å². The van der Waals surface area contributed by atoms with E-state index >= 15 is 0 Å². The monoisotopic (exact) mass is 245 g/mol. The van der Waals surface area contributed by atoms with E-state index < -0.39 is 0 Å². The zero-order chi connectivity index (χ0) is 12.4. The molecule has 0 spiro atoms. The number of hydrogen-bond acceptors (Lipinski definition) is 2. The summed E-state index contributed by atoms with van der Waals surface area (Å²) in [6, 6.07) is 9.20. The van der Waals surface area contributed by atoms with Crippen molar-refractivity contribution in [3.63, 3.8) is 0 Å². The molecular formula is C16H23NO. The van der Waals surface area contributed by atoms with Crippen molar-refractivity contribution in [2.24, 2.45) is 11.8 Å². The Bertz CT molecular complexity index is 367. The molecule has 3 rings (SSSR count). The Morgan fingerprint density at radius 2 is 1.72 bits per heavy atom. The van der Waals surface area contributed by atoms with Crippen molar-refractivity contribution >= 4 is 5.69 Å². The lowest BCUT2D eigenvalue weighted by atomic mass is 10.1. The van der Waals surface area contributed by atoms with Gasteiger partial charge in [0, 0.05) is 11.7 Å². The highest BCUT2D eigenvalue weighted by molar-refractivity contribution is 5.47. The minimum Gasteiger partial charge on any atom is -0.494 e. The second kappa shape index (κ2) is 5.21. The van der Waals surface area contributed by atoms with Gasteiger partial charge in [0.15, 0.2) is 0 Å². The molecule has 2 nitrogen and oxygen atoms in total. The van der Waals surface area contributed by atoms with Gasteiger partial charge in [0.25, 0.3) is 0 Å². The smallest absolute Gasteiger partial charge is 0.119 e. The molecule has 0 bridgehead atoms. The predicted octanol–water partition coefficient (Wildman–Crippen LogP) is 4.08. The third-order valence-corrected chi connectivity index (χ3v) is 3.92. The van der Waals surface area contributed by atoms with Crippen molar-refractivity contribution in [1.82, 2.24) is 0 Å². The van der Waals surface area contributed by atoms with E-state index in [9.17, 15) is 0 Å². The molecule has 2 aliphatic carbocycles. The first-order chi connectivity index (χ1) is 8.86. The van der Waals surface area contributed by atoms with Crippen LogP contribution >= 0.6 is 0 Å². The molecule has 0 heterocycles. The lowest BCUT2D eigenvalue weighted by Crippen LogP contribution is -2.24. The largest absolute Gasteiger partial charge is 0.494 e. The van der Waals surface area contributed by atoms with Crippen LogP contribution in [0.25, 0.3) is 0 Å². The van der Waals surface area contributed by atoms with Crippen LogP contribution in [0.1, 0.15) is 39.0 Å². The first-order valence-electron chi connectivity index (χ1n) is 7.36. The molecule has 2 saturated carbocycles. The maximum atomic E-state index is 5.61. The van der Waals surface area contributed by atoms with E-state index in [1.807, 2.05) is 0 Å². The number of hydrogen-bond donors (Lipinski definition) is 1. The molecule has 1 aromatic carbocycles. The van der Waals surface area contributed by atoms with Crippen LogP contribution in [0.3, 0.4) is 0 Å². The molecule has 0 atom stereocenters. The molecule has 2 heteroatoms. The summed E-state index contributed by atoms with van der Waals surface area (Å²) < 4.78 is 5.61. The van der Waals surface area contributed by atoms with Gasteiger partial charge in [0.1, 0.15) is 5.75 Å². The molecule has 0 aliphatic heterocycles. The van der Waals surface area contributed by atoms with Crippen molar-refractivity contribution in [2.75, 3.05) is 11.9 Å². The van der Waals surface area contributed by atoms with Crippen LogP contribution in [0.15, 0.2) is 24.3 Å². The second-order valence-electron chi connectivity index (χ2n) is 5.72. The predicted molar refractivity (Wildman–Crippen MR) is 75.1 cm³/mol. The van der Waals surface area contributed by atoms with E-state index in [4.69, 9.17) is 4.74 Å². The lowest BCUT2D eigenvalue weighted by molar-refractivity contribution is 0.317. The normalized spacial score (nSPS) is 19.0. The van der Waals surface area contributed by atoms with Crippen LogP contribution in [0, 0.1) is 11.8 Å². The zero-order valence-corrected chi connectivity index (χ0v) is 11.2. The van der Waals surface area contributed by atoms with Gasteiger partial charge in [0.2, 0.25) is 0 Å². The topological polar surface area (TPSA) is 21.3 Å². The summed E-state index contributed by atoms with van der Waals surface area (Å²) in [5, 5.41) is 3.73. The van der Waals surface area contributed by atoms with Gasteiger partial charge in [-0.2, -0.15) is 0 Å². The van der Waals surface area contributed by atoms with E-state index in [0.29, 0.717) is 0 Å². The summed E-state index contributed by atoms with van der Waals surface area (Å²) in [7, 11) is 0. The first-order valence-corrected chi connectivity index (χ1v) is 7.36. The molecule has 0 aromatic heterocycles. The van der Waals surface area contributed by atoms with Crippen molar-refractivity contribution < 1.29 is 4.74 Å². The third-order valence-electron chi connectivity index (χ3n) is 3.92. The lowest BCUT2D eigenvalue weighted by Gasteiger charge is -2.19. The molecule has 98 valence electrons. The van der Waals surface area contributed by atoms with Gasteiger partial charge in [-0.05, 0) is 68.2 Å². The summed E-state index contributed by atoms with van der Waals surface area (Å²) >= 11 is 0. The van der Waals surface area contributed by atoms with Gasteiger partial charge in [-0.25, -0.2) is 0 Å². The Balaban J connectivity index is 1.58. The molecule has 2 fully saturated rings. The Labute approximate surface area is 110 Å². The molecule has 0 amide bonds.